The lowest BCUT2D eigenvalue weighted by molar-refractivity contribution is 0.354. The lowest BCUT2D eigenvalue weighted by Gasteiger charge is -2.12. The fourth-order valence-corrected chi connectivity index (χ4v) is 2.72. The van der Waals surface area contributed by atoms with E-state index in [1.165, 1.54) is 5.56 Å². The molecule has 2 rings (SSSR count). The van der Waals surface area contributed by atoms with E-state index in [-0.39, 0.29) is 0 Å². The second-order valence-corrected chi connectivity index (χ2v) is 5.90. The zero-order valence-corrected chi connectivity index (χ0v) is 13.4. The first-order chi connectivity index (χ1) is 9.72. The first-order valence-electron chi connectivity index (χ1n) is 6.60. The number of alkyl halides is 1. The minimum Gasteiger partial charge on any atom is -0.493 e. The van der Waals surface area contributed by atoms with Gasteiger partial charge in [-0.3, -0.25) is 0 Å². The first-order valence-corrected chi connectivity index (χ1v) is 7.52. The van der Waals surface area contributed by atoms with Crippen LogP contribution in [0.5, 0.6) is 11.5 Å². The highest BCUT2D eigenvalue weighted by Gasteiger charge is 2.10. The molecule has 0 fully saturated rings. The molecular formula is C16H19BrO3. The minimum atomic E-state index is 0.408. The van der Waals surface area contributed by atoms with Crippen LogP contribution in [0.3, 0.4) is 0 Å². The maximum Gasteiger partial charge on any atom is 0.160 e. The average Bonchev–Trinajstić information content (AvgIpc) is 2.98. The van der Waals surface area contributed by atoms with E-state index < -0.39 is 0 Å². The first kappa shape index (κ1) is 15.0. The number of ether oxygens (including phenoxy) is 2. The van der Waals surface area contributed by atoms with Gasteiger partial charge in [-0.15, -0.1) is 0 Å². The number of benzene rings is 1. The van der Waals surface area contributed by atoms with Crippen molar-refractivity contribution in [2.75, 3.05) is 14.2 Å². The molecule has 0 N–H and O–H groups in total. The van der Waals surface area contributed by atoms with Crippen LogP contribution in [-0.4, -0.2) is 19.0 Å². The van der Waals surface area contributed by atoms with E-state index in [9.17, 15) is 0 Å². The molecule has 0 aliphatic carbocycles. The molecule has 2 aromatic rings. The van der Waals surface area contributed by atoms with Crippen molar-refractivity contribution in [2.45, 2.75) is 24.1 Å². The summed E-state index contributed by atoms with van der Waals surface area (Å²) in [6, 6.07) is 9.98. The molecule has 0 aliphatic heterocycles. The van der Waals surface area contributed by atoms with Crippen LogP contribution >= 0.6 is 15.9 Å². The number of rotatable bonds is 7. The van der Waals surface area contributed by atoms with Crippen LogP contribution < -0.4 is 9.47 Å². The van der Waals surface area contributed by atoms with E-state index in [1.54, 1.807) is 20.5 Å². The van der Waals surface area contributed by atoms with Gasteiger partial charge < -0.3 is 13.9 Å². The lowest BCUT2D eigenvalue weighted by atomic mass is 10.1. The normalized spacial score (nSPS) is 12.2. The van der Waals surface area contributed by atoms with Crippen LogP contribution in [-0.2, 0) is 12.8 Å². The Labute approximate surface area is 128 Å². The molecule has 1 atom stereocenters. The van der Waals surface area contributed by atoms with Gasteiger partial charge in [-0.25, -0.2) is 0 Å². The molecule has 1 aromatic heterocycles. The van der Waals surface area contributed by atoms with Crippen molar-refractivity contribution in [3.63, 3.8) is 0 Å². The van der Waals surface area contributed by atoms with Gasteiger partial charge in [0.25, 0.3) is 0 Å². The Morgan fingerprint density at radius 3 is 2.60 bits per heavy atom. The van der Waals surface area contributed by atoms with Crippen molar-refractivity contribution in [3.8, 4) is 11.5 Å². The van der Waals surface area contributed by atoms with E-state index in [0.29, 0.717) is 4.83 Å². The topological polar surface area (TPSA) is 31.6 Å². The van der Waals surface area contributed by atoms with Crippen LogP contribution in [0.4, 0.5) is 0 Å². The third-order valence-electron chi connectivity index (χ3n) is 3.19. The Balaban J connectivity index is 1.91. The molecule has 4 heteroatoms. The summed E-state index contributed by atoms with van der Waals surface area (Å²) in [5.74, 6) is 2.57. The summed E-state index contributed by atoms with van der Waals surface area (Å²) >= 11 is 3.73. The SMILES string of the molecule is COc1ccc(CC(Br)CCc2ccco2)cc1OC. The van der Waals surface area contributed by atoms with Gasteiger partial charge in [0.2, 0.25) is 0 Å². The summed E-state index contributed by atoms with van der Waals surface area (Å²) in [5, 5.41) is 0. The van der Waals surface area contributed by atoms with Gasteiger partial charge in [0.05, 0.1) is 20.5 Å². The highest BCUT2D eigenvalue weighted by Crippen LogP contribution is 2.29. The summed E-state index contributed by atoms with van der Waals surface area (Å²) in [7, 11) is 3.30. The summed E-state index contributed by atoms with van der Waals surface area (Å²) in [6.45, 7) is 0. The number of methoxy groups -OCH3 is 2. The molecule has 0 saturated carbocycles. The highest BCUT2D eigenvalue weighted by molar-refractivity contribution is 9.09. The van der Waals surface area contributed by atoms with Crippen molar-refractivity contribution in [1.82, 2.24) is 0 Å². The Kier molecular flexibility index (Phi) is 5.53. The van der Waals surface area contributed by atoms with E-state index in [4.69, 9.17) is 13.9 Å². The third kappa shape index (κ3) is 4.04. The fraction of sp³-hybridized carbons (Fsp3) is 0.375. The molecule has 1 aromatic carbocycles. The van der Waals surface area contributed by atoms with Gasteiger partial charge in [-0.2, -0.15) is 0 Å². The van der Waals surface area contributed by atoms with Crippen LogP contribution in [0, 0.1) is 0 Å². The van der Waals surface area contributed by atoms with E-state index >= 15 is 0 Å². The molecule has 20 heavy (non-hydrogen) atoms. The second-order valence-electron chi connectivity index (χ2n) is 4.61. The van der Waals surface area contributed by atoms with Crippen molar-refractivity contribution in [3.05, 3.63) is 47.9 Å². The molecule has 0 bridgehead atoms. The van der Waals surface area contributed by atoms with Crippen LogP contribution in [0.15, 0.2) is 41.0 Å². The van der Waals surface area contributed by atoms with E-state index in [1.807, 2.05) is 24.3 Å². The molecule has 0 saturated heterocycles. The monoisotopic (exact) mass is 338 g/mol. The molecule has 1 unspecified atom stereocenters. The minimum absolute atomic E-state index is 0.408. The van der Waals surface area contributed by atoms with Crippen LogP contribution in [0.1, 0.15) is 17.7 Å². The van der Waals surface area contributed by atoms with Gasteiger partial charge in [0.15, 0.2) is 11.5 Å². The van der Waals surface area contributed by atoms with Gasteiger partial charge in [0.1, 0.15) is 5.76 Å². The second kappa shape index (κ2) is 7.39. The summed E-state index contributed by atoms with van der Waals surface area (Å²) in [4.78, 5) is 0.408. The van der Waals surface area contributed by atoms with Gasteiger partial charge in [-0.05, 0) is 42.7 Å². The van der Waals surface area contributed by atoms with Crippen molar-refractivity contribution in [2.24, 2.45) is 0 Å². The Hall–Kier alpha value is -1.42. The zero-order valence-electron chi connectivity index (χ0n) is 11.8. The average molecular weight is 339 g/mol. The van der Waals surface area contributed by atoms with Gasteiger partial charge in [0, 0.05) is 11.2 Å². The Morgan fingerprint density at radius 1 is 1.15 bits per heavy atom. The summed E-state index contributed by atoms with van der Waals surface area (Å²) in [5.41, 5.74) is 1.23. The maximum atomic E-state index is 5.34. The molecule has 3 nitrogen and oxygen atoms in total. The lowest BCUT2D eigenvalue weighted by Crippen LogP contribution is -2.04. The Morgan fingerprint density at radius 2 is 1.95 bits per heavy atom. The van der Waals surface area contributed by atoms with Gasteiger partial charge in [-0.1, -0.05) is 22.0 Å². The van der Waals surface area contributed by atoms with E-state index in [0.717, 1.165) is 36.5 Å². The number of furan rings is 1. The predicted octanol–water partition coefficient (Wildman–Crippen LogP) is 4.24. The maximum absolute atomic E-state index is 5.34. The molecule has 108 valence electrons. The molecule has 1 heterocycles. The van der Waals surface area contributed by atoms with Crippen molar-refractivity contribution < 1.29 is 13.9 Å². The van der Waals surface area contributed by atoms with E-state index in [2.05, 4.69) is 22.0 Å². The molecule has 0 amide bonds. The number of halogens is 1. The number of hydrogen-bond donors (Lipinski definition) is 0. The number of hydrogen-bond acceptors (Lipinski definition) is 3. The van der Waals surface area contributed by atoms with Crippen molar-refractivity contribution in [1.29, 1.82) is 0 Å². The summed E-state index contributed by atoms with van der Waals surface area (Å²) in [6.07, 6.45) is 4.63. The van der Waals surface area contributed by atoms with Crippen LogP contribution in [0.2, 0.25) is 0 Å². The summed E-state index contributed by atoms with van der Waals surface area (Å²) < 4.78 is 15.9. The predicted molar refractivity (Wildman–Crippen MR) is 83.0 cm³/mol. The zero-order chi connectivity index (χ0) is 14.4. The molecular weight excluding hydrogens is 320 g/mol. The highest BCUT2D eigenvalue weighted by atomic mass is 79.9. The standard InChI is InChI=1S/C16H19BrO3/c1-18-15-8-5-12(11-16(15)19-2)10-13(17)6-7-14-4-3-9-20-14/h3-5,8-9,11,13H,6-7,10H2,1-2H3. The fourth-order valence-electron chi connectivity index (χ4n) is 2.12. The number of aryl methyl sites for hydroxylation is 1. The molecule has 0 radical (unpaired) electrons. The Bertz CT molecular complexity index is 523. The van der Waals surface area contributed by atoms with Crippen LogP contribution in [0.25, 0.3) is 0 Å². The third-order valence-corrected chi connectivity index (χ3v) is 3.97. The largest absolute Gasteiger partial charge is 0.493 e. The molecule has 0 spiro atoms. The molecule has 0 aliphatic rings. The van der Waals surface area contributed by atoms with Crippen molar-refractivity contribution >= 4 is 15.9 Å². The van der Waals surface area contributed by atoms with Gasteiger partial charge >= 0.3 is 0 Å². The smallest absolute Gasteiger partial charge is 0.160 e. The quantitative estimate of drug-likeness (QED) is 0.707.